The Morgan fingerprint density at radius 2 is 2.27 bits per heavy atom. The fraction of sp³-hybridized carbons (Fsp3) is 0.706. The zero-order valence-corrected chi connectivity index (χ0v) is 13.8. The number of aryl methyl sites for hydroxylation is 1. The van der Waals surface area contributed by atoms with E-state index in [-0.39, 0.29) is 5.41 Å². The van der Waals surface area contributed by atoms with E-state index in [1.165, 1.54) is 0 Å². The number of carbonyl (C=O) groups is 1. The number of rotatable bonds is 4. The summed E-state index contributed by atoms with van der Waals surface area (Å²) in [5, 5.41) is 0. The first-order valence-corrected chi connectivity index (χ1v) is 8.14. The van der Waals surface area contributed by atoms with Crippen molar-refractivity contribution in [3.8, 4) is 0 Å². The number of piperidine rings is 1. The molecule has 3 rings (SSSR count). The van der Waals surface area contributed by atoms with Gasteiger partial charge in [0.25, 0.3) is 0 Å². The van der Waals surface area contributed by atoms with Crippen molar-refractivity contribution >= 4 is 5.91 Å². The van der Waals surface area contributed by atoms with Gasteiger partial charge < -0.3 is 9.64 Å². The molecule has 1 aliphatic heterocycles. The molecular formula is C17H25N3O2. The van der Waals surface area contributed by atoms with Gasteiger partial charge in [0.05, 0.1) is 12.3 Å². The van der Waals surface area contributed by atoms with Crippen molar-refractivity contribution in [2.24, 2.45) is 5.41 Å². The molecular weight excluding hydrogens is 278 g/mol. The summed E-state index contributed by atoms with van der Waals surface area (Å²) in [5.41, 5.74) is 2.02. The third kappa shape index (κ3) is 3.00. The molecule has 1 saturated heterocycles. The van der Waals surface area contributed by atoms with Crippen LogP contribution in [0, 0.1) is 12.3 Å². The van der Waals surface area contributed by atoms with E-state index in [9.17, 15) is 4.79 Å². The van der Waals surface area contributed by atoms with E-state index in [0.717, 1.165) is 55.9 Å². The molecule has 120 valence electrons. The van der Waals surface area contributed by atoms with Crippen LogP contribution < -0.4 is 0 Å². The Labute approximate surface area is 132 Å². The second kappa shape index (κ2) is 5.95. The molecule has 0 bridgehead atoms. The first-order valence-electron chi connectivity index (χ1n) is 8.14. The van der Waals surface area contributed by atoms with Crippen LogP contribution in [0.4, 0.5) is 0 Å². The molecule has 1 aromatic rings. The Balaban J connectivity index is 1.79. The third-order valence-corrected chi connectivity index (χ3v) is 4.93. The van der Waals surface area contributed by atoms with Gasteiger partial charge in [0.1, 0.15) is 5.82 Å². The van der Waals surface area contributed by atoms with Crippen LogP contribution in [0.2, 0.25) is 0 Å². The van der Waals surface area contributed by atoms with Crippen molar-refractivity contribution in [3.05, 3.63) is 23.3 Å². The lowest BCUT2D eigenvalue weighted by Crippen LogP contribution is -2.42. The van der Waals surface area contributed by atoms with Crippen molar-refractivity contribution in [1.82, 2.24) is 14.9 Å². The molecule has 0 aromatic carbocycles. The fourth-order valence-corrected chi connectivity index (χ4v) is 3.30. The van der Waals surface area contributed by atoms with Crippen molar-refractivity contribution in [2.75, 3.05) is 20.2 Å². The zero-order chi connectivity index (χ0) is 15.7. The lowest BCUT2D eigenvalue weighted by molar-refractivity contribution is -0.137. The van der Waals surface area contributed by atoms with Gasteiger partial charge in [-0.05, 0) is 32.6 Å². The normalized spacial score (nSPS) is 23.4. The van der Waals surface area contributed by atoms with E-state index in [2.05, 4.69) is 21.8 Å². The van der Waals surface area contributed by atoms with Crippen LogP contribution in [0.1, 0.15) is 55.6 Å². The van der Waals surface area contributed by atoms with E-state index in [1.54, 1.807) is 7.11 Å². The number of amides is 1. The minimum atomic E-state index is -0.0845. The average Bonchev–Trinajstić information content (AvgIpc) is 3.28. The Hall–Kier alpha value is -1.49. The van der Waals surface area contributed by atoms with E-state index in [0.29, 0.717) is 18.4 Å². The molecule has 2 fully saturated rings. The van der Waals surface area contributed by atoms with Gasteiger partial charge in [0.2, 0.25) is 5.91 Å². The van der Waals surface area contributed by atoms with Gasteiger partial charge in [-0.3, -0.25) is 4.79 Å². The number of hydrogen-bond acceptors (Lipinski definition) is 4. The van der Waals surface area contributed by atoms with E-state index >= 15 is 0 Å². The maximum absolute atomic E-state index is 12.6. The Kier molecular flexibility index (Phi) is 4.17. The summed E-state index contributed by atoms with van der Waals surface area (Å²) in [6.07, 6.45) is 6.06. The van der Waals surface area contributed by atoms with Crippen LogP contribution in [-0.4, -0.2) is 41.0 Å². The van der Waals surface area contributed by atoms with E-state index < -0.39 is 0 Å². The van der Waals surface area contributed by atoms with Gasteiger partial charge >= 0.3 is 0 Å². The predicted molar refractivity (Wildman–Crippen MR) is 83.4 cm³/mol. The van der Waals surface area contributed by atoms with Crippen LogP contribution >= 0.6 is 0 Å². The molecule has 1 atom stereocenters. The highest BCUT2D eigenvalue weighted by atomic mass is 16.5. The first kappa shape index (κ1) is 15.4. The summed E-state index contributed by atoms with van der Waals surface area (Å²) >= 11 is 0. The molecule has 2 heterocycles. The minimum absolute atomic E-state index is 0.0845. The van der Waals surface area contributed by atoms with E-state index in [1.807, 2.05) is 13.1 Å². The molecule has 0 spiro atoms. The van der Waals surface area contributed by atoms with Crippen LogP contribution in [0.3, 0.4) is 0 Å². The standard InChI is InChI=1S/C17H25N3O2/c1-12-18-9-14(11-22-3)15(19-12)13-5-4-8-20(10-13)16(21)17(2)6-7-17/h9,13H,4-8,10-11H2,1-3H3. The highest BCUT2D eigenvalue weighted by molar-refractivity contribution is 5.85. The number of ether oxygens (including phenoxy) is 1. The number of hydrogen-bond donors (Lipinski definition) is 0. The van der Waals surface area contributed by atoms with Crippen LogP contribution in [0.25, 0.3) is 0 Å². The molecule has 22 heavy (non-hydrogen) atoms. The number of nitrogens with zero attached hydrogens (tertiary/aromatic N) is 3. The molecule has 5 heteroatoms. The maximum Gasteiger partial charge on any atom is 0.228 e. The minimum Gasteiger partial charge on any atom is -0.380 e. The summed E-state index contributed by atoms with van der Waals surface area (Å²) in [6, 6.07) is 0. The highest BCUT2D eigenvalue weighted by Crippen LogP contribution is 2.47. The first-order chi connectivity index (χ1) is 10.5. The molecule has 1 unspecified atom stereocenters. The smallest absolute Gasteiger partial charge is 0.228 e. The Morgan fingerprint density at radius 1 is 1.50 bits per heavy atom. The van der Waals surface area contributed by atoms with Crippen molar-refractivity contribution in [2.45, 2.75) is 52.1 Å². The molecule has 1 aromatic heterocycles. The SMILES string of the molecule is COCc1cnc(C)nc1C1CCCN(C(=O)C2(C)CC2)C1. The summed E-state index contributed by atoms with van der Waals surface area (Å²) in [4.78, 5) is 23.6. The number of carbonyl (C=O) groups excluding carboxylic acids is 1. The second-order valence-electron chi connectivity index (χ2n) is 6.91. The number of methoxy groups -OCH3 is 1. The summed E-state index contributed by atoms with van der Waals surface area (Å²) < 4.78 is 5.28. The van der Waals surface area contributed by atoms with Gasteiger partial charge in [-0.2, -0.15) is 0 Å². The average molecular weight is 303 g/mol. The monoisotopic (exact) mass is 303 g/mol. The molecule has 0 radical (unpaired) electrons. The van der Waals surface area contributed by atoms with Crippen molar-refractivity contribution < 1.29 is 9.53 Å². The molecule has 1 saturated carbocycles. The maximum atomic E-state index is 12.6. The zero-order valence-electron chi connectivity index (χ0n) is 13.8. The largest absolute Gasteiger partial charge is 0.380 e. The van der Waals surface area contributed by atoms with Crippen molar-refractivity contribution in [1.29, 1.82) is 0 Å². The molecule has 5 nitrogen and oxygen atoms in total. The van der Waals surface area contributed by atoms with Gasteiger partial charge in [0.15, 0.2) is 0 Å². The Morgan fingerprint density at radius 3 is 2.95 bits per heavy atom. The van der Waals surface area contributed by atoms with Gasteiger partial charge in [-0.15, -0.1) is 0 Å². The molecule has 1 aliphatic carbocycles. The quantitative estimate of drug-likeness (QED) is 0.857. The van der Waals surface area contributed by atoms with Gasteiger partial charge in [-0.1, -0.05) is 6.92 Å². The van der Waals surface area contributed by atoms with Gasteiger partial charge in [0, 0.05) is 43.3 Å². The van der Waals surface area contributed by atoms with Crippen LogP contribution in [0.15, 0.2) is 6.20 Å². The predicted octanol–water partition coefficient (Wildman–Crippen LogP) is 2.44. The summed E-state index contributed by atoms with van der Waals surface area (Å²) in [5.74, 6) is 1.41. The van der Waals surface area contributed by atoms with Crippen molar-refractivity contribution in [3.63, 3.8) is 0 Å². The Bertz CT molecular complexity index is 569. The van der Waals surface area contributed by atoms with Crippen LogP contribution in [0.5, 0.6) is 0 Å². The van der Waals surface area contributed by atoms with Gasteiger partial charge in [-0.25, -0.2) is 9.97 Å². The summed E-state index contributed by atoms with van der Waals surface area (Å²) in [6.45, 7) is 6.19. The fourth-order valence-electron chi connectivity index (χ4n) is 3.30. The molecule has 2 aliphatic rings. The lowest BCUT2D eigenvalue weighted by atomic mass is 9.91. The molecule has 0 N–H and O–H groups in total. The van der Waals surface area contributed by atoms with Crippen LogP contribution in [-0.2, 0) is 16.1 Å². The topological polar surface area (TPSA) is 55.3 Å². The number of aromatic nitrogens is 2. The van der Waals surface area contributed by atoms with E-state index in [4.69, 9.17) is 4.74 Å². The third-order valence-electron chi connectivity index (χ3n) is 4.93. The summed E-state index contributed by atoms with van der Waals surface area (Å²) in [7, 11) is 1.69. The molecule has 1 amide bonds. The number of likely N-dealkylation sites (tertiary alicyclic amines) is 1. The lowest BCUT2D eigenvalue weighted by Gasteiger charge is -2.35. The second-order valence-corrected chi connectivity index (χ2v) is 6.91. The highest BCUT2D eigenvalue weighted by Gasteiger charge is 2.47.